The molecule has 0 radical (unpaired) electrons. The molecule has 0 aliphatic carbocycles. The van der Waals surface area contributed by atoms with E-state index in [1.54, 1.807) is 38.1 Å². The summed E-state index contributed by atoms with van der Waals surface area (Å²) in [6.45, 7) is 3.16. The van der Waals surface area contributed by atoms with Crippen LogP contribution in [0, 0.1) is 11.6 Å². The first-order valence-electron chi connectivity index (χ1n) is 9.00. The second-order valence-electron chi connectivity index (χ2n) is 7.17. The molecule has 1 aliphatic rings. The monoisotopic (exact) mass is 430 g/mol. The Morgan fingerprint density at radius 2 is 1.79 bits per heavy atom. The van der Waals surface area contributed by atoms with Crippen LogP contribution in [-0.2, 0) is 16.6 Å². The van der Waals surface area contributed by atoms with Crippen LogP contribution in [0.25, 0.3) is 0 Å². The molecule has 1 aliphatic heterocycles. The maximum Gasteiger partial charge on any atom is 0.221 e. The lowest BCUT2D eigenvalue weighted by Gasteiger charge is -2.37. The molecule has 154 valence electrons. The molecule has 8 heteroatoms. The second-order valence-corrected chi connectivity index (χ2v) is 9.24. The van der Waals surface area contributed by atoms with Gasteiger partial charge in [0.1, 0.15) is 16.9 Å². The highest BCUT2D eigenvalue weighted by Crippen LogP contribution is 2.38. The van der Waals surface area contributed by atoms with Crippen LogP contribution in [0.4, 0.5) is 8.78 Å². The third-order valence-electron chi connectivity index (χ3n) is 5.18. The Morgan fingerprint density at radius 1 is 1.14 bits per heavy atom. The van der Waals surface area contributed by atoms with E-state index in [2.05, 4.69) is 0 Å². The van der Waals surface area contributed by atoms with Gasteiger partial charge in [-0.05, 0) is 44.4 Å². The molecule has 3 atom stereocenters. The Labute approximate surface area is 171 Å². The van der Waals surface area contributed by atoms with Gasteiger partial charge in [-0.15, -0.1) is 12.4 Å². The fraction of sp³-hybridized carbons (Fsp3) is 0.400. The normalized spacial score (nSPS) is 23.0. The average Bonchev–Trinajstić information content (AvgIpc) is 2.61. The third-order valence-corrected chi connectivity index (χ3v) is 7.55. The molecule has 0 saturated carbocycles. The fourth-order valence-electron chi connectivity index (χ4n) is 3.59. The summed E-state index contributed by atoms with van der Waals surface area (Å²) < 4.78 is 56.4. The van der Waals surface area contributed by atoms with Crippen molar-refractivity contribution < 1.29 is 17.2 Å². The van der Waals surface area contributed by atoms with E-state index < -0.39 is 32.9 Å². The smallest absolute Gasteiger partial charge is 0.221 e. The van der Waals surface area contributed by atoms with E-state index in [0.717, 1.165) is 12.1 Å². The van der Waals surface area contributed by atoms with Gasteiger partial charge in [0.15, 0.2) is 0 Å². The molecule has 0 amide bonds. The minimum absolute atomic E-state index is 0. The van der Waals surface area contributed by atoms with Crippen molar-refractivity contribution in [1.29, 1.82) is 0 Å². The summed E-state index contributed by atoms with van der Waals surface area (Å²) >= 11 is 0. The molecule has 0 aromatic heterocycles. The van der Waals surface area contributed by atoms with Crippen molar-refractivity contribution in [3.8, 4) is 0 Å². The molecule has 0 spiro atoms. The minimum Gasteiger partial charge on any atom is -0.324 e. The average molecular weight is 431 g/mol. The van der Waals surface area contributed by atoms with Crippen molar-refractivity contribution in [3.63, 3.8) is 0 Å². The zero-order valence-electron chi connectivity index (χ0n) is 15.8. The largest absolute Gasteiger partial charge is 0.324 e. The molecule has 0 bridgehead atoms. The van der Waals surface area contributed by atoms with Gasteiger partial charge in [-0.2, -0.15) is 4.31 Å². The SMILES string of the molecule is CC(N)c1cc(F)c(CN2[C@@H](C)CC[C@H](c3ccccc3)S2(=O)=O)cc1F.Cl. The van der Waals surface area contributed by atoms with Gasteiger partial charge in [0.2, 0.25) is 10.0 Å². The first-order valence-corrected chi connectivity index (χ1v) is 10.5. The summed E-state index contributed by atoms with van der Waals surface area (Å²) in [5, 5.41) is -0.675. The van der Waals surface area contributed by atoms with Crippen LogP contribution in [0.1, 0.15) is 54.7 Å². The van der Waals surface area contributed by atoms with Crippen LogP contribution in [0.3, 0.4) is 0 Å². The van der Waals surface area contributed by atoms with Gasteiger partial charge in [0, 0.05) is 29.8 Å². The molecule has 3 rings (SSSR count). The third kappa shape index (κ3) is 4.38. The summed E-state index contributed by atoms with van der Waals surface area (Å²) in [5.41, 5.74) is 6.46. The number of rotatable bonds is 4. The summed E-state index contributed by atoms with van der Waals surface area (Å²) in [6, 6.07) is 10.2. The maximum atomic E-state index is 14.5. The molecule has 2 aromatic rings. The Morgan fingerprint density at radius 3 is 2.39 bits per heavy atom. The topological polar surface area (TPSA) is 63.4 Å². The first kappa shape index (κ1) is 22.7. The molecule has 1 fully saturated rings. The van der Waals surface area contributed by atoms with Gasteiger partial charge < -0.3 is 5.73 Å². The zero-order chi connectivity index (χ0) is 19.8. The summed E-state index contributed by atoms with van der Waals surface area (Å²) in [6.07, 6.45) is 1.16. The predicted molar refractivity (Wildman–Crippen MR) is 109 cm³/mol. The lowest BCUT2D eigenvalue weighted by molar-refractivity contribution is 0.278. The van der Waals surface area contributed by atoms with E-state index in [1.807, 2.05) is 6.07 Å². The van der Waals surface area contributed by atoms with Crippen LogP contribution in [0.5, 0.6) is 0 Å². The first-order chi connectivity index (χ1) is 12.7. The molecule has 2 N–H and O–H groups in total. The fourth-order valence-corrected chi connectivity index (χ4v) is 5.78. The van der Waals surface area contributed by atoms with Crippen molar-refractivity contribution in [2.45, 2.75) is 50.6 Å². The summed E-state index contributed by atoms with van der Waals surface area (Å²) in [7, 11) is -3.70. The number of hydrogen-bond donors (Lipinski definition) is 1. The predicted octanol–water partition coefficient (Wildman–Crippen LogP) is 4.46. The lowest BCUT2D eigenvalue weighted by Crippen LogP contribution is -2.44. The lowest BCUT2D eigenvalue weighted by atomic mass is 10.0. The highest BCUT2D eigenvalue weighted by atomic mass is 35.5. The van der Waals surface area contributed by atoms with Gasteiger partial charge in [0.05, 0.1) is 0 Å². The molecular formula is C20H25ClF2N2O2S. The van der Waals surface area contributed by atoms with Crippen LogP contribution in [0.2, 0.25) is 0 Å². The van der Waals surface area contributed by atoms with Gasteiger partial charge >= 0.3 is 0 Å². The van der Waals surface area contributed by atoms with Crippen LogP contribution in [-0.4, -0.2) is 18.8 Å². The van der Waals surface area contributed by atoms with E-state index in [-0.39, 0.29) is 36.1 Å². The Hall–Kier alpha value is -1.54. The van der Waals surface area contributed by atoms with E-state index in [9.17, 15) is 17.2 Å². The van der Waals surface area contributed by atoms with Crippen LogP contribution < -0.4 is 5.73 Å². The van der Waals surface area contributed by atoms with Crippen LogP contribution >= 0.6 is 12.4 Å². The van der Waals surface area contributed by atoms with E-state index in [0.29, 0.717) is 18.4 Å². The highest BCUT2D eigenvalue weighted by molar-refractivity contribution is 7.89. The number of halogens is 3. The Balaban J connectivity index is 0.00000280. The van der Waals surface area contributed by atoms with Crippen molar-refractivity contribution in [1.82, 2.24) is 4.31 Å². The zero-order valence-corrected chi connectivity index (χ0v) is 17.4. The van der Waals surface area contributed by atoms with E-state index in [4.69, 9.17) is 5.73 Å². The van der Waals surface area contributed by atoms with Gasteiger partial charge in [-0.1, -0.05) is 30.3 Å². The number of nitrogens with two attached hydrogens (primary N) is 1. The van der Waals surface area contributed by atoms with Crippen molar-refractivity contribution in [2.75, 3.05) is 0 Å². The molecule has 1 heterocycles. The molecule has 2 aromatic carbocycles. The van der Waals surface area contributed by atoms with Gasteiger partial charge in [-0.3, -0.25) is 0 Å². The molecular weight excluding hydrogens is 406 g/mol. The number of nitrogens with zero attached hydrogens (tertiary/aromatic N) is 1. The minimum atomic E-state index is -3.70. The number of hydrogen-bond acceptors (Lipinski definition) is 3. The quantitative estimate of drug-likeness (QED) is 0.778. The Bertz CT molecular complexity index is 923. The summed E-state index contributed by atoms with van der Waals surface area (Å²) in [5.74, 6) is -1.27. The van der Waals surface area contributed by atoms with E-state index >= 15 is 0 Å². The van der Waals surface area contributed by atoms with Crippen molar-refractivity contribution >= 4 is 22.4 Å². The molecule has 28 heavy (non-hydrogen) atoms. The molecule has 1 unspecified atom stereocenters. The van der Waals surface area contributed by atoms with E-state index in [1.165, 1.54) is 4.31 Å². The second kappa shape index (κ2) is 8.86. The van der Waals surface area contributed by atoms with Crippen LogP contribution in [0.15, 0.2) is 42.5 Å². The number of sulfonamides is 1. The number of benzene rings is 2. The Kier molecular flexibility index (Phi) is 7.20. The maximum absolute atomic E-state index is 14.5. The standard InChI is InChI=1S/C20H24F2N2O2S.ClH/c1-13-8-9-20(15-6-4-3-5-7-15)27(25,26)24(13)12-16-10-19(22)17(14(2)23)11-18(16)21;/h3-7,10-11,13-14,20H,8-9,12,23H2,1-2H3;1H/t13-,14?,20+;/m0./s1. The van der Waals surface area contributed by atoms with Gasteiger partial charge in [-0.25, -0.2) is 17.2 Å². The van der Waals surface area contributed by atoms with Crippen molar-refractivity contribution in [2.24, 2.45) is 5.73 Å². The van der Waals surface area contributed by atoms with Crippen molar-refractivity contribution in [3.05, 3.63) is 70.8 Å². The summed E-state index contributed by atoms with van der Waals surface area (Å²) in [4.78, 5) is 0. The highest BCUT2D eigenvalue weighted by Gasteiger charge is 2.40. The molecule has 1 saturated heterocycles. The molecule has 4 nitrogen and oxygen atoms in total. The van der Waals surface area contributed by atoms with Gasteiger partial charge in [0.25, 0.3) is 0 Å².